The van der Waals surface area contributed by atoms with Crippen LogP contribution in [0.3, 0.4) is 0 Å². The zero-order chi connectivity index (χ0) is 9.26. The highest BCUT2D eigenvalue weighted by molar-refractivity contribution is 5.83. The van der Waals surface area contributed by atoms with Gasteiger partial charge in [0.25, 0.3) is 0 Å². The highest BCUT2D eigenvalue weighted by atomic mass is 14.6. The number of pyridine rings is 1. The molecule has 0 fully saturated rings. The van der Waals surface area contributed by atoms with E-state index in [4.69, 9.17) is 6.42 Å². The first-order valence-electron chi connectivity index (χ1n) is 3.98. The van der Waals surface area contributed by atoms with Gasteiger partial charge in [0.05, 0.1) is 5.52 Å². The van der Waals surface area contributed by atoms with E-state index in [1.165, 1.54) is 0 Å². The fraction of sp³-hybridized carbons (Fsp3) is 0. The molecule has 2 aromatic rings. The van der Waals surface area contributed by atoms with Gasteiger partial charge in [-0.1, -0.05) is 5.92 Å². The summed E-state index contributed by atoms with van der Waals surface area (Å²) < 4.78 is 0. The van der Waals surface area contributed by atoms with Crippen molar-refractivity contribution in [2.45, 2.75) is 0 Å². The van der Waals surface area contributed by atoms with E-state index >= 15 is 0 Å². The van der Waals surface area contributed by atoms with Gasteiger partial charge in [0.15, 0.2) is 0 Å². The summed E-state index contributed by atoms with van der Waals surface area (Å²) in [5, 5.41) is 1.03. The highest BCUT2D eigenvalue weighted by Crippen LogP contribution is 2.16. The fourth-order valence-corrected chi connectivity index (χ4v) is 1.29. The van der Waals surface area contributed by atoms with Crippen LogP contribution in [-0.2, 0) is 0 Å². The Labute approximate surface area is 77.4 Å². The number of rotatable bonds is 0. The number of fused-ring (bicyclic) bond motifs is 1. The topological polar surface area (TPSA) is 12.9 Å². The van der Waals surface area contributed by atoms with Gasteiger partial charge >= 0.3 is 0 Å². The maximum atomic E-state index is 5.30. The molecule has 0 unspecified atom stereocenters. The predicted octanol–water partition coefficient (Wildman–Crippen LogP) is 2.40. The van der Waals surface area contributed by atoms with Crippen molar-refractivity contribution in [1.82, 2.24) is 4.98 Å². The predicted molar refractivity (Wildman–Crippen MR) is 54.1 cm³/mol. The smallest absolute Gasteiger partial charge is 0.0705 e. The minimum absolute atomic E-state index is 0.866. The fourth-order valence-electron chi connectivity index (χ4n) is 1.29. The summed E-state index contributed by atoms with van der Waals surface area (Å²) >= 11 is 0. The summed E-state index contributed by atoms with van der Waals surface area (Å²) in [6.45, 7) is 3.92. The van der Waals surface area contributed by atoms with Crippen LogP contribution in [-0.4, -0.2) is 4.98 Å². The van der Waals surface area contributed by atoms with Gasteiger partial charge in [-0.2, -0.15) is 0 Å². The number of hydrogen-bond donors (Lipinski definition) is 0. The van der Waals surface area contributed by atoms with E-state index in [1.54, 1.807) is 6.20 Å². The maximum Gasteiger partial charge on any atom is 0.0705 e. The molecule has 1 aromatic carbocycles. The normalized spacial score (nSPS) is 9.85. The molecule has 1 heterocycles. The Hall–Kier alpha value is -1.81. The molecule has 0 amide bonds. The Balaban J connectivity index is 2.84. The molecule has 0 saturated heterocycles. The summed E-state index contributed by atoms with van der Waals surface area (Å²) in [6, 6.07) is 7.61. The molecule has 0 aliphatic rings. The molecule has 0 atom stereocenters. The SMILES string of the molecule is C#Cc1ccc2nccc([CH2])c2c1. The lowest BCUT2D eigenvalue weighted by Gasteiger charge is -2.00. The van der Waals surface area contributed by atoms with E-state index in [1.807, 2.05) is 24.3 Å². The van der Waals surface area contributed by atoms with E-state index in [-0.39, 0.29) is 0 Å². The Morgan fingerprint density at radius 1 is 1.31 bits per heavy atom. The van der Waals surface area contributed by atoms with Crippen LogP contribution < -0.4 is 0 Å². The van der Waals surface area contributed by atoms with Crippen LogP contribution in [0.15, 0.2) is 30.5 Å². The number of aromatic nitrogens is 1. The molecule has 1 aromatic heterocycles. The highest BCUT2D eigenvalue weighted by Gasteiger charge is 1.97. The first kappa shape index (κ1) is 7.82. The first-order chi connectivity index (χ1) is 6.31. The van der Waals surface area contributed by atoms with Crippen molar-refractivity contribution >= 4 is 10.9 Å². The summed E-state index contributed by atoms with van der Waals surface area (Å²) in [5.74, 6) is 2.59. The van der Waals surface area contributed by atoms with Gasteiger partial charge in [-0.05, 0) is 36.8 Å². The van der Waals surface area contributed by atoms with Crippen molar-refractivity contribution in [1.29, 1.82) is 0 Å². The van der Waals surface area contributed by atoms with Gasteiger partial charge in [0.2, 0.25) is 0 Å². The second kappa shape index (κ2) is 2.91. The van der Waals surface area contributed by atoms with Crippen LogP contribution in [0, 0.1) is 19.3 Å². The minimum Gasteiger partial charge on any atom is -0.256 e. The third-order valence-corrected chi connectivity index (χ3v) is 2.00. The van der Waals surface area contributed by atoms with Crippen molar-refractivity contribution in [3.63, 3.8) is 0 Å². The molecule has 0 aliphatic carbocycles. The van der Waals surface area contributed by atoms with Gasteiger partial charge in [-0.3, -0.25) is 4.98 Å². The zero-order valence-corrected chi connectivity index (χ0v) is 7.12. The van der Waals surface area contributed by atoms with Crippen molar-refractivity contribution in [2.75, 3.05) is 0 Å². The average molecular weight is 166 g/mol. The maximum absolute atomic E-state index is 5.30. The number of terminal acetylenes is 1. The van der Waals surface area contributed by atoms with E-state index in [2.05, 4.69) is 17.8 Å². The van der Waals surface area contributed by atoms with Crippen molar-refractivity contribution in [3.8, 4) is 12.3 Å². The molecule has 0 N–H and O–H groups in total. The lowest BCUT2D eigenvalue weighted by atomic mass is 10.1. The summed E-state index contributed by atoms with van der Waals surface area (Å²) in [4.78, 5) is 4.21. The molecule has 1 nitrogen and oxygen atoms in total. The van der Waals surface area contributed by atoms with E-state index in [9.17, 15) is 0 Å². The zero-order valence-electron chi connectivity index (χ0n) is 7.12. The summed E-state index contributed by atoms with van der Waals surface area (Å²) in [6.07, 6.45) is 7.05. The Morgan fingerprint density at radius 2 is 2.15 bits per heavy atom. The standard InChI is InChI=1S/C12H8N/c1-3-10-4-5-12-11(8-10)9(2)6-7-13-12/h1,4-8H,2H2. The molecule has 61 valence electrons. The molecular weight excluding hydrogens is 158 g/mol. The molecule has 2 rings (SSSR count). The lowest BCUT2D eigenvalue weighted by Crippen LogP contribution is -1.83. The molecule has 0 spiro atoms. The Morgan fingerprint density at radius 3 is 2.92 bits per heavy atom. The molecule has 0 aliphatic heterocycles. The van der Waals surface area contributed by atoms with Gasteiger partial charge < -0.3 is 0 Å². The quantitative estimate of drug-likeness (QED) is 0.547. The van der Waals surface area contributed by atoms with Crippen LogP contribution in [0.5, 0.6) is 0 Å². The average Bonchev–Trinajstić information content (AvgIpc) is 2.18. The van der Waals surface area contributed by atoms with Gasteiger partial charge in [0, 0.05) is 17.1 Å². The minimum atomic E-state index is 0.866. The van der Waals surface area contributed by atoms with Gasteiger partial charge in [0.1, 0.15) is 0 Å². The summed E-state index contributed by atoms with van der Waals surface area (Å²) in [5.41, 5.74) is 2.76. The number of hydrogen-bond acceptors (Lipinski definition) is 1. The van der Waals surface area contributed by atoms with Crippen molar-refractivity contribution in [3.05, 3.63) is 48.5 Å². The molecule has 13 heavy (non-hydrogen) atoms. The molecule has 1 heteroatoms. The third kappa shape index (κ3) is 1.27. The second-order valence-electron chi connectivity index (χ2n) is 2.85. The van der Waals surface area contributed by atoms with Gasteiger partial charge in [-0.15, -0.1) is 6.42 Å². The molecule has 1 radical (unpaired) electrons. The van der Waals surface area contributed by atoms with Crippen LogP contribution in [0.2, 0.25) is 0 Å². The lowest BCUT2D eigenvalue weighted by molar-refractivity contribution is 1.40. The molecule has 0 saturated carbocycles. The molecule has 0 bridgehead atoms. The Kier molecular flexibility index (Phi) is 1.75. The largest absolute Gasteiger partial charge is 0.256 e. The second-order valence-corrected chi connectivity index (χ2v) is 2.85. The Bertz CT molecular complexity index is 492. The van der Waals surface area contributed by atoms with Crippen molar-refractivity contribution < 1.29 is 0 Å². The van der Waals surface area contributed by atoms with E-state index in [0.717, 1.165) is 22.0 Å². The number of nitrogens with zero attached hydrogens (tertiary/aromatic N) is 1. The first-order valence-corrected chi connectivity index (χ1v) is 3.98. The van der Waals surface area contributed by atoms with E-state index in [0.29, 0.717) is 0 Å². The van der Waals surface area contributed by atoms with Crippen molar-refractivity contribution in [2.24, 2.45) is 0 Å². The summed E-state index contributed by atoms with van der Waals surface area (Å²) in [7, 11) is 0. The van der Waals surface area contributed by atoms with Crippen LogP contribution >= 0.6 is 0 Å². The molecular formula is C12H8N. The van der Waals surface area contributed by atoms with Gasteiger partial charge in [-0.25, -0.2) is 0 Å². The van der Waals surface area contributed by atoms with E-state index < -0.39 is 0 Å². The number of benzene rings is 1. The van der Waals surface area contributed by atoms with Crippen LogP contribution in [0.25, 0.3) is 10.9 Å². The van der Waals surface area contributed by atoms with Crippen LogP contribution in [0.1, 0.15) is 11.1 Å². The monoisotopic (exact) mass is 166 g/mol. The third-order valence-electron chi connectivity index (χ3n) is 2.00. The van der Waals surface area contributed by atoms with Crippen LogP contribution in [0.4, 0.5) is 0 Å².